The van der Waals surface area contributed by atoms with Gasteiger partial charge in [-0.2, -0.15) is 0 Å². The van der Waals surface area contributed by atoms with Crippen molar-refractivity contribution in [1.82, 2.24) is 0 Å². The highest BCUT2D eigenvalue weighted by Crippen LogP contribution is 2.29. The second kappa shape index (κ2) is 7.62. The number of carbonyl (C=O) groups is 1. The van der Waals surface area contributed by atoms with Crippen molar-refractivity contribution in [2.75, 3.05) is 11.4 Å². The number of aliphatic imine (C=N–C) groups is 1. The van der Waals surface area contributed by atoms with Gasteiger partial charge < -0.3 is 10.6 Å². The first kappa shape index (κ1) is 17.4. The van der Waals surface area contributed by atoms with Crippen LogP contribution in [-0.2, 0) is 4.79 Å². The summed E-state index contributed by atoms with van der Waals surface area (Å²) in [5.41, 5.74) is 9.77. The summed E-state index contributed by atoms with van der Waals surface area (Å²) in [4.78, 5) is 19.4. The standard InChI is InChI=1S/C21H25N3O/c1-3-15(4-2)14-24-18-13-9-8-12-17(18)19(23-20(22)21(24)25)16-10-6-5-7-11-16/h5-13,15,20H,3-4,14,22H2,1-2H3. The molecule has 4 nitrogen and oxygen atoms in total. The van der Waals surface area contributed by atoms with Crippen LogP contribution in [0.2, 0.25) is 0 Å². The summed E-state index contributed by atoms with van der Waals surface area (Å²) in [5.74, 6) is 0.313. The van der Waals surface area contributed by atoms with Crippen LogP contribution in [-0.4, -0.2) is 24.3 Å². The Balaban J connectivity index is 2.11. The van der Waals surface area contributed by atoms with Crippen molar-refractivity contribution >= 4 is 17.3 Å². The minimum absolute atomic E-state index is 0.134. The van der Waals surface area contributed by atoms with Crippen LogP contribution in [0.4, 0.5) is 5.69 Å². The first-order valence-corrected chi connectivity index (χ1v) is 8.95. The third-order valence-corrected chi connectivity index (χ3v) is 4.88. The van der Waals surface area contributed by atoms with Crippen LogP contribution in [0.5, 0.6) is 0 Å². The Hall–Kier alpha value is -2.46. The molecule has 0 saturated heterocycles. The zero-order chi connectivity index (χ0) is 17.8. The maximum Gasteiger partial charge on any atom is 0.266 e. The summed E-state index contributed by atoms with van der Waals surface area (Å²) < 4.78 is 0. The Morgan fingerprint density at radius 3 is 2.36 bits per heavy atom. The highest BCUT2D eigenvalue weighted by atomic mass is 16.2. The first-order valence-electron chi connectivity index (χ1n) is 8.95. The van der Waals surface area contributed by atoms with Crippen molar-refractivity contribution in [1.29, 1.82) is 0 Å². The van der Waals surface area contributed by atoms with E-state index in [4.69, 9.17) is 5.73 Å². The van der Waals surface area contributed by atoms with E-state index in [1.165, 1.54) is 0 Å². The van der Waals surface area contributed by atoms with Gasteiger partial charge in [0.15, 0.2) is 6.17 Å². The van der Waals surface area contributed by atoms with Gasteiger partial charge in [0.2, 0.25) is 0 Å². The van der Waals surface area contributed by atoms with E-state index in [1.807, 2.05) is 59.5 Å². The summed E-state index contributed by atoms with van der Waals surface area (Å²) in [6.07, 6.45) is 1.19. The Morgan fingerprint density at radius 1 is 1.04 bits per heavy atom. The molecule has 0 aromatic heterocycles. The van der Waals surface area contributed by atoms with E-state index in [1.54, 1.807) is 0 Å². The molecule has 25 heavy (non-hydrogen) atoms. The van der Waals surface area contributed by atoms with E-state index in [0.29, 0.717) is 12.5 Å². The minimum atomic E-state index is -0.878. The molecule has 1 aliphatic rings. The average molecular weight is 335 g/mol. The van der Waals surface area contributed by atoms with Gasteiger partial charge in [-0.25, -0.2) is 0 Å². The SMILES string of the molecule is CCC(CC)CN1C(=O)C(N)N=C(c2ccccc2)c2ccccc21. The van der Waals surface area contributed by atoms with E-state index >= 15 is 0 Å². The molecule has 2 aromatic carbocycles. The number of carbonyl (C=O) groups excluding carboxylic acids is 1. The predicted octanol–water partition coefficient (Wildman–Crippen LogP) is 3.59. The van der Waals surface area contributed by atoms with Crippen LogP contribution >= 0.6 is 0 Å². The molecule has 1 amide bonds. The molecule has 3 rings (SSSR count). The number of anilines is 1. The van der Waals surface area contributed by atoms with E-state index in [0.717, 1.165) is 35.4 Å². The average Bonchev–Trinajstić information content (AvgIpc) is 2.76. The third kappa shape index (κ3) is 3.49. The van der Waals surface area contributed by atoms with Gasteiger partial charge in [-0.05, 0) is 12.0 Å². The van der Waals surface area contributed by atoms with E-state index < -0.39 is 6.17 Å². The molecule has 1 aliphatic heterocycles. The van der Waals surface area contributed by atoms with Crippen LogP contribution in [0.3, 0.4) is 0 Å². The Labute approximate surface area is 149 Å². The van der Waals surface area contributed by atoms with Crippen LogP contribution in [0.1, 0.15) is 37.8 Å². The Bertz CT molecular complexity index is 766. The zero-order valence-corrected chi connectivity index (χ0v) is 14.9. The number of nitrogens with zero attached hydrogens (tertiary/aromatic N) is 2. The number of benzodiazepines with no additional fused rings is 1. The molecule has 2 N–H and O–H groups in total. The fraction of sp³-hybridized carbons (Fsp3) is 0.333. The Morgan fingerprint density at radius 2 is 1.68 bits per heavy atom. The summed E-state index contributed by atoms with van der Waals surface area (Å²) in [5, 5.41) is 0. The van der Waals surface area contributed by atoms with Gasteiger partial charge in [-0.1, -0.05) is 75.2 Å². The van der Waals surface area contributed by atoms with Crippen molar-refractivity contribution in [2.24, 2.45) is 16.6 Å². The van der Waals surface area contributed by atoms with E-state index in [2.05, 4.69) is 18.8 Å². The highest BCUT2D eigenvalue weighted by molar-refractivity contribution is 6.20. The van der Waals surface area contributed by atoms with Crippen LogP contribution in [0.25, 0.3) is 0 Å². The summed E-state index contributed by atoms with van der Waals surface area (Å²) in [7, 11) is 0. The quantitative estimate of drug-likeness (QED) is 0.908. The van der Waals surface area contributed by atoms with E-state index in [-0.39, 0.29) is 5.91 Å². The fourth-order valence-electron chi connectivity index (χ4n) is 3.27. The lowest BCUT2D eigenvalue weighted by molar-refractivity contribution is -0.119. The smallest absolute Gasteiger partial charge is 0.266 e. The van der Waals surface area contributed by atoms with Gasteiger partial charge in [-0.3, -0.25) is 9.79 Å². The molecule has 1 heterocycles. The second-order valence-corrected chi connectivity index (χ2v) is 6.44. The van der Waals surface area contributed by atoms with Gasteiger partial charge in [0.25, 0.3) is 5.91 Å². The molecular weight excluding hydrogens is 310 g/mol. The first-order chi connectivity index (χ1) is 12.2. The topological polar surface area (TPSA) is 58.7 Å². The molecule has 1 atom stereocenters. The molecule has 2 aromatic rings. The van der Waals surface area contributed by atoms with E-state index in [9.17, 15) is 4.79 Å². The maximum atomic E-state index is 12.9. The van der Waals surface area contributed by atoms with Crippen molar-refractivity contribution in [3.63, 3.8) is 0 Å². The van der Waals surface area contributed by atoms with Crippen molar-refractivity contribution in [3.05, 3.63) is 65.7 Å². The molecule has 1 unspecified atom stereocenters. The highest BCUT2D eigenvalue weighted by Gasteiger charge is 2.30. The molecule has 0 bridgehead atoms. The molecule has 0 saturated carbocycles. The predicted molar refractivity (Wildman–Crippen MR) is 103 cm³/mol. The van der Waals surface area contributed by atoms with Crippen LogP contribution in [0, 0.1) is 5.92 Å². The van der Waals surface area contributed by atoms with Gasteiger partial charge in [0.05, 0.1) is 11.4 Å². The second-order valence-electron chi connectivity index (χ2n) is 6.44. The van der Waals surface area contributed by atoms with Gasteiger partial charge in [0, 0.05) is 17.7 Å². The number of benzene rings is 2. The number of fused-ring (bicyclic) bond motifs is 1. The molecule has 130 valence electrons. The van der Waals surface area contributed by atoms with Crippen LogP contribution < -0.4 is 10.6 Å². The number of nitrogens with two attached hydrogens (primary N) is 1. The number of hydrogen-bond acceptors (Lipinski definition) is 3. The summed E-state index contributed by atoms with van der Waals surface area (Å²) >= 11 is 0. The molecular formula is C21H25N3O. The summed E-state index contributed by atoms with van der Waals surface area (Å²) in [6, 6.07) is 17.9. The lowest BCUT2D eigenvalue weighted by Gasteiger charge is -2.28. The van der Waals surface area contributed by atoms with Crippen molar-refractivity contribution in [3.8, 4) is 0 Å². The lowest BCUT2D eigenvalue weighted by Crippen LogP contribution is -2.44. The molecule has 0 spiro atoms. The zero-order valence-electron chi connectivity index (χ0n) is 14.9. The summed E-state index contributed by atoms with van der Waals surface area (Å²) in [6.45, 7) is 5.00. The number of hydrogen-bond donors (Lipinski definition) is 1. The molecule has 0 fully saturated rings. The van der Waals surface area contributed by atoms with Crippen molar-refractivity contribution < 1.29 is 4.79 Å². The number of rotatable bonds is 5. The van der Waals surface area contributed by atoms with Gasteiger partial charge in [-0.15, -0.1) is 0 Å². The molecule has 0 radical (unpaired) electrons. The Kier molecular flexibility index (Phi) is 5.29. The molecule has 4 heteroatoms. The monoisotopic (exact) mass is 335 g/mol. The normalized spacial score (nSPS) is 17.3. The number of amides is 1. The van der Waals surface area contributed by atoms with Gasteiger partial charge >= 0.3 is 0 Å². The lowest BCUT2D eigenvalue weighted by atomic mass is 9.98. The van der Waals surface area contributed by atoms with Crippen molar-refractivity contribution in [2.45, 2.75) is 32.9 Å². The largest absolute Gasteiger partial charge is 0.308 e. The van der Waals surface area contributed by atoms with Gasteiger partial charge in [0.1, 0.15) is 0 Å². The fourth-order valence-corrected chi connectivity index (χ4v) is 3.27. The maximum absolute atomic E-state index is 12.9. The molecule has 0 aliphatic carbocycles. The third-order valence-electron chi connectivity index (χ3n) is 4.88. The van der Waals surface area contributed by atoms with Crippen LogP contribution in [0.15, 0.2) is 59.6 Å². The number of para-hydroxylation sites is 1. The minimum Gasteiger partial charge on any atom is -0.308 e.